The highest BCUT2D eigenvalue weighted by atomic mass is 35.5. The number of nitrogens with zero attached hydrogens (tertiary/aromatic N) is 4. The first kappa shape index (κ1) is 24.7. The normalized spacial score (nSPS) is 14.6. The molecule has 0 bridgehead atoms. The Morgan fingerprint density at radius 1 is 0.929 bits per heavy atom. The van der Waals surface area contributed by atoms with E-state index in [4.69, 9.17) is 40.5 Å². The van der Waals surface area contributed by atoms with Gasteiger partial charge < -0.3 is 11.1 Å². The Morgan fingerprint density at radius 3 is 1.89 bits per heavy atom. The topological polar surface area (TPSA) is 89.6 Å². The van der Waals surface area contributed by atoms with Gasteiger partial charge in [0, 0.05) is 6.54 Å². The monoisotopic (exact) mass is 454 g/mol. The Hall–Kier alpha value is -1.35. The molecule has 11 heteroatoms. The molecule has 0 aromatic carbocycles. The third-order valence-corrected chi connectivity index (χ3v) is 4.30. The third-order valence-electron chi connectivity index (χ3n) is 3.67. The molecule has 156 valence electrons. The molecule has 2 aliphatic carbocycles. The molecule has 0 spiro atoms. The third kappa shape index (κ3) is 9.73. The van der Waals surface area contributed by atoms with Gasteiger partial charge in [0.25, 0.3) is 0 Å². The summed E-state index contributed by atoms with van der Waals surface area (Å²) in [5.41, 5.74) is 5.23. The number of nitrogens with two attached hydrogens (primary N) is 1. The fourth-order valence-corrected chi connectivity index (χ4v) is 2.15. The van der Waals surface area contributed by atoms with E-state index in [0.717, 1.165) is 31.4 Å². The van der Waals surface area contributed by atoms with E-state index < -0.39 is 11.6 Å². The van der Waals surface area contributed by atoms with Crippen molar-refractivity contribution in [2.45, 2.75) is 33.1 Å². The Balaban J connectivity index is 0.000000227. The fraction of sp³-hybridized carbons (Fsp3) is 0.529. The van der Waals surface area contributed by atoms with Gasteiger partial charge in [0.1, 0.15) is 0 Å². The number of anilines is 1. The van der Waals surface area contributed by atoms with Crippen LogP contribution in [0.2, 0.25) is 15.7 Å². The van der Waals surface area contributed by atoms with Crippen LogP contribution in [0.3, 0.4) is 0 Å². The second-order valence-electron chi connectivity index (χ2n) is 6.12. The summed E-state index contributed by atoms with van der Waals surface area (Å²) in [4.78, 5) is 13.9. The summed E-state index contributed by atoms with van der Waals surface area (Å²) in [5.74, 6) is 0.668. The molecule has 4 rings (SSSR count). The van der Waals surface area contributed by atoms with Crippen LogP contribution in [0.5, 0.6) is 0 Å². The standard InChI is InChI=1S/C8H9ClFN3.C4HCl2FN2.C4H9N.CH4/c9-8-12-4-6(10)7(13-8)11-3-5-1-2-5;5-3-2(7)1-8-4(6)9-3;5-3-4-1-2-4;/h4-5H,1-3H2,(H,11,12,13);1H;4H,1-3,5H2;1H4. The largest absolute Gasteiger partial charge is 0.367 e. The molecule has 0 amide bonds. The highest BCUT2D eigenvalue weighted by Crippen LogP contribution is 2.29. The number of hydrogen-bond donors (Lipinski definition) is 2. The average molecular weight is 456 g/mol. The molecule has 6 nitrogen and oxygen atoms in total. The molecular weight excluding hydrogens is 433 g/mol. The lowest BCUT2D eigenvalue weighted by Crippen LogP contribution is -2.07. The Morgan fingerprint density at radius 2 is 1.46 bits per heavy atom. The van der Waals surface area contributed by atoms with Gasteiger partial charge in [0.15, 0.2) is 22.6 Å². The lowest BCUT2D eigenvalue weighted by Gasteiger charge is -2.04. The summed E-state index contributed by atoms with van der Waals surface area (Å²) in [6.07, 6.45) is 7.19. The minimum absolute atomic E-state index is 0. The number of rotatable bonds is 4. The highest BCUT2D eigenvalue weighted by Gasteiger charge is 2.21. The maximum absolute atomic E-state index is 13.0. The van der Waals surface area contributed by atoms with Gasteiger partial charge in [-0.1, -0.05) is 19.0 Å². The second kappa shape index (κ2) is 12.3. The molecule has 3 N–H and O–H groups in total. The summed E-state index contributed by atoms with van der Waals surface area (Å²) in [5, 5.41) is 2.67. The van der Waals surface area contributed by atoms with Gasteiger partial charge in [-0.2, -0.15) is 4.98 Å². The van der Waals surface area contributed by atoms with Crippen molar-refractivity contribution >= 4 is 40.6 Å². The van der Waals surface area contributed by atoms with Crippen LogP contribution in [-0.4, -0.2) is 33.0 Å². The van der Waals surface area contributed by atoms with E-state index in [2.05, 4.69) is 25.3 Å². The number of halogens is 5. The number of hydrogen-bond acceptors (Lipinski definition) is 6. The first-order valence-electron chi connectivity index (χ1n) is 8.34. The van der Waals surface area contributed by atoms with Gasteiger partial charge >= 0.3 is 0 Å². The molecule has 2 aromatic rings. The van der Waals surface area contributed by atoms with Gasteiger partial charge in [-0.3, -0.25) is 0 Å². The minimum atomic E-state index is -0.666. The summed E-state index contributed by atoms with van der Waals surface area (Å²) in [6, 6.07) is 0. The maximum atomic E-state index is 13.0. The van der Waals surface area contributed by atoms with Crippen molar-refractivity contribution in [1.29, 1.82) is 0 Å². The molecule has 2 fully saturated rings. The zero-order valence-electron chi connectivity index (χ0n) is 14.3. The van der Waals surface area contributed by atoms with Gasteiger partial charge in [-0.25, -0.2) is 23.7 Å². The van der Waals surface area contributed by atoms with E-state index >= 15 is 0 Å². The quantitative estimate of drug-likeness (QED) is 0.498. The van der Waals surface area contributed by atoms with Crippen LogP contribution in [0.25, 0.3) is 0 Å². The predicted octanol–water partition coefficient (Wildman–Crippen LogP) is 5.00. The van der Waals surface area contributed by atoms with Crippen LogP contribution in [-0.2, 0) is 0 Å². The highest BCUT2D eigenvalue weighted by molar-refractivity contribution is 6.31. The second-order valence-corrected chi connectivity index (χ2v) is 7.15. The van der Waals surface area contributed by atoms with Crippen molar-refractivity contribution in [2.75, 3.05) is 18.4 Å². The molecular formula is C17H23Cl3F2N6. The Labute approximate surface area is 178 Å². The van der Waals surface area contributed by atoms with Crippen LogP contribution in [0.4, 0.5) is 14.6 Å². The molecule has 0 unspecified atom stereocenters. The van der Waals surface area contributed by atoms with Gasteiger partial charge in [-0.05, 0) is 67.3 Å². The SMILES string of the molecule is C.Fc1cnc(Cl)nc1Cl.Fc1cnc(Cl)nc1NCC1CC1.NCC1CC1. The molecule has 2 aliphatic rings. The van der Waals surface area contributed by atoms with E-state index in [1.165, 1.54) is 25.7 Å². The van der Waals surface area contributed by atoms with Crippen molar-refractivity contribution in [3.8, 4) is 0 Å². The first-order valence-corrected chi connectivity index (χ1v) is 9.48. The summed E-state index contributed by atoms with van der Waals surface area (Å²) < 4.78 is 25.2. The minimum Gasteiger partial charge on any atom is -0.367 e. The van der Waals surface area contributed by atoms with Crippen molar-refractivity contribution in [3.63, 3.8) is 0 Å². The number of nitrogens with one attached hydrogen (secondary N) is 1. The summed E-state index contributed by atoms with van der Waals surface area (Å²) in [7, 11) is 0. The number of aromatic nitrogens is 4. The molecule has 0 radical (unpaired) electrons. The molecule has 0 atom stereocenters. The van der Waals surface area contributed by atoms with Gasteiger partial charge in [0.2, 0.25) is 10.6 Å². The van der Waals surface area contributed by atoms with Gasteiger partial charge in [-0.15, -0.1) is 0 Å². The molecule has 2 saturated carbocycles. The molecule has 0 saturated heterocycles. The first-order chi connectivity index (χ1) is 12.9. The molecule has 0 aliphatic heterocycles. The molecule has 28 heavy (non-hydrogen) atoms. The van der Waals surface area contributed by atoms with E-state index in [0.29, 0.717) is 5.92 Å². The van der Waals surface area contributed by atoms with Crippen LogP contribution < -0.4 is 11.1 Å². The van der Waals surface area contributed by atoms with Crippen LogP contribution in [0, 0.1) is 23.5 Å². The van der Waals surface area contributed by atoms with Crippen molar-refractivity contribution in [2.24, 2.45) is 17.6 Å². The lowest BCUT2D eigenvalue weighted by atomic mass is 10.4. The van der Waals surface area contributed by atoms with Crippen molar-refractivity contribution < 1.29 is 8.78 Å². The van der Waals surface area contributed by atoms with E-state index in [1.54, 1.807) is 0 Å². The van der Waals surface area contributed by atoms with Crippen LogP contribution >= 0.6 is 34.8 Å². The zero-order chi connectivity index (χ0) is 19.8. The lowest BCUT2D eigenvalue weighted by molar-refractivity contribution is 0.614. The molecule has 2 aromatic heterocycles. The van der Waals surface area contributed by atoms with Gasteiger partial charge in [0.05, 0.1) is 12.4 Å². The summed E-state index contributed by atoms with van der Waals surface area (Å²) >= 11 is 16.0. The van der Waals surface area contributed by atoms with Crippen molar-refractivity contribution in [1.82, 2.24) is 19.9 Å². The van der Waals surface area contributed by atoms with E-state index in [-0.39, 0.29) is 29.0 Å². The fourth-order valence-electron chi connectivity index (χ4n) is 1.71. The van der Waals surface area contributed by atoms with E-state index in [1.807, 2.05) is 0 Å². The van der Waals surface area contributed by atoms with Crippen LogP contribution in [0.15, 0.2) is 12.4 Å². The average Bonchev–Trinajstić information content (AvgIpc) is 3.54. The molecule has 2 heterocycles. The predicted molar refractivity (Wildman–Crippen MR) is 109 cm³/mol. The van der Waals surface area contributed by atoms with Crippen molar-refractivity contribution in [3.05, 3.63) is 39.7 Å². The Bertz CT molecular complexity index is 745. The Kier molecular flexibility index (Phi) is 10.8. The zero-order valence-corrected chi connectivity index (χ0v) is 16.6. The smallest absolute Gasteiger partial charge is 0.224 e. The maximum Gasteiger partial charge on any atom is 0.224 e. The summed E-state index contributed by atoms with van der Waals surface area (Å²) in [6.45, 7) is 1.68. The van der Waals surface area contributed by atoms with Crippen LogP contribution in [0.1, 0.15) is 33.1 Å². The van der Waals surface area contributed by atoms with E-state index in [9.17, 15) is 8.78 Å².